The van der Waals surface area contributed by atoms with E-state index >= 15 is 4.39 Å². The van der Waals surface area contributed by atoms with E-state index in [1.165, 1.54) is 6.07 Å². The van der Waals surface area contributed by atoms with Gasteiger partial charge in [0.2, 0.25) is 17.5 Å². The number of aromatic nitrogens is 1. The molecule has 5 amide bonds. The highest BCUT2D eigenvalue weighted by Crippen LogP contribution is 2.59. The number of anilines is 2. The summed E-state index contributed by atoms with van der Waals surface area (Å²) >= 11 is 6.31. The van der Waals surface area contributed by atoms with Crippen LogP contribution in [0, 0.1) is 29.1 Å². The number of ether oxygens (including phenoxy) is 1. The maximum absolute atomic E-state index is 15.5. The van der Waals surface area contributed by atoms with E-state index in [9.17, 15) is 24.0 Å². The summed E-state index contributed by atoms with van der Waals surface area (Å²) in [4.78, 5) is 82.4. The summed E-state index contributed by atoms with van der Waals surface area (Å²) < 4.78 is 22.0. The summed E-state index contributed by atoms with van der Waals surface area (Å²) in [5, 5.41) is 2.53. The average molecular weight is 851 g/mol. The molecule has 2 aromatic carbocycles. The number of carbonyl (C=O) groups excluding carboxylic acids is 5. The van der Waals surface area contributed by atoms with Crippen molar-refractivity contribution in [3.63, 3.8) is 0 Å². The number of hydrogen-bond acceptors (Lipinski definition) is 10. The topological polar surface area (TPSA) is 140 Å². The van der Waals surface area contributed by atoms with Crippen molar-refractivity contribution in [2.24, 2.45) is 16.7 Å². The van der Waals surface area contributed by atoms with Crippen LogP contribution in [0.25, 0.3) is 4.85 Å². The van der Waals surface area contributed by atoms with Crippen molar-refractivity contribution in [2.45, 2.75) is 78.1 Å². The van der Waals surface area contributed by atoms with Gasteiger partial charge < -0.3 is 19.4 Å². The lowest BCUT2D eigenvalue weighted by Gasteiger charge is -2.65. The molecule has 1 aliphatic carbocycles. The highest BCUT2D eigenvalue weighted by molar-refractivity contribution is 6.33. The lowest BCUT2D eigenvalue weighted by Crippen LogP contribution is -2.74. The number of hydrogen-bond donors (Lipinski definition) is 1. The molecule has 1 atom stereocenters. The Morgan fingerprint density at radius 2 is 1.54 bits per heavy atom. The summed E-state index contributed by atoms with van der Waals surface area (Å²) in [6.07, 6.45) is 1.83. The van der Waals surface area contributed by atoms with E-state index in [2.05, 4.69) is 47.7 Å². The van der Waals surface area contributed by atoms with Crippen molar-refractivity contribution in [3.8, 4) is 5.75 Å². The number of amides is 5. The Bertz CT molecular complexity index is 2400. The lowest BCUT2D eigenvalue weighted by molar-refractivity contribution is -0.199. The molecule has 1 N–H and O–H groups in total. The number of nitrogens with zero attached hydrogens (tertiary/aromatic N) is 7. The molecule has 1 aromatic heterocycles. The van der Waals surface area contributed by atoms with Gasteiger partial charge >= 0.3 is 0 Å². The van der Waals surface area contributed by atoms with E-state index < -0.39 is 35.5 Å². The molecular formula is C45H48ClFN8O6. The second-order valence-corrected chi connectivity index (χ2v) is 18.8. The second-order valence-electron chi connectivity index (χ2n) is 18.4. The molecule has 0 spiro atoms. The second kappa shape index (κ2) is 15.1. The zero-order chi connectivity index (χ0) is 43.1. The summed E-state index contributed by atoms with van der Waals surface area (Å²) in [6, 6.07) is 10.3. The number of pyridine rings is 1. The van der Waals surface area contributed by atoms with Gasteiger partial charge in [-0.15, -0.1) is 0 Å². The Hall–Kier alpha value is -5.59. The normalized spacial score (nSPS) is 25.0. The molecule has 3 aromatic rings. The van der Waals surface area contributed by atoms with Gasteiger partial charge in [-0.2, -0.15) is 0 Å². The van der Waals surface area contributed by atoms with Crippen LogP contribution < -0.4 is 19.9 Å². The predicted molar refractivity (Wildman–Crippen MR) is 224 cm³/mol. The number of carbonyl (C=O) groups is 5. The van der Waals surface area contributed by atoms with Gasteiger partial charge in [-0.25, -0.2) is 14.2 Å². The summed E-state index contributed by atoms with van der Waals surface area (Å²) in [6.45, 7) is 21.4. The quantitative estimate of drug-likeness (QED) is 0.222. The van der Waals surface area contributed by atoms with Crippen LogP contribution in [0.1, 0.15) is 90.1 Å². The maximum Gasteiger partial charge on any atom is 0.262 e. The van der Waals surface area contributed by atoms with E-state index in [0.717, 1.165) is 68.0 Å². The number of nitrogens with one attached hydrogen (secondary N) is 1. The minimum Gasteiger partial charge on any atom is -0.489 e. The van der Waals surface area contributed by atoms with Crippen molar-refractivity contribution >= 4 is 58.3 Å². The molecule has 16 heteroatoms. The molecule has 9 rings (SSSR count). The van der Waals surface area contributed by atoms with Gasteiger partial charge in [0, 0.05) is 69.1 Å². The number of fused-ring (bicyclic) bond motifs is 2. The van der Waals surface area contributed by atoms with E-state index in [1.54, 1.807) is 18.2 Å². The standard InChI is InChI=1S/C45H48ClFN8O6/c1-44(2)42(45(3,4)43(44)61-26-6-8-32(48-5)30(46)20-26)54-24-33-27(39(54)58)7-10-36(49-33)53-14-12-25(13-15-53)23-51-16-18-52(19-17-51)35-22-29-28(21-31(35)47)40(59)55(41(29)60)34-9-11-37(56)50-38(34)57/h6-8,10,20-22,25,34,42-43H,9,11-19,23-24H2,1-4H3,(H,50,56,57). The van der Waals surface area contributed by atoms with E-state index in [0.29, 0.717) is 47.6 Å². The zero-order valence-electron chi connectivity index (χ0n) is 34.7. The van der Waals surface area contributed by atoms with Gasteiger partial charge in [-0.3, -0.25) is 39.1 Å². The van der Waals surface area contributed by atoms with Crippen LogP contribution >= 0.6 is 11.6 Å². The van der Waals surface area contributed by atoms with Crippen LogP contribution in [0.5, 0.6) is 5.75 Å². The van der Waals surface area contributed by atoms with Crippen molar-refractivity contribution < 1.29 is 33.1 Å². The first-order valence-electron chi connectivity index (χ1n) is 21.0. The molecule has 318 valence electrons. The highest BCUT2D eigenvalue weighted by Gasteiger charge is 2.67. The molecule has 3 saturated heterocycles. The van der Waals surface area contributed by atoms with Crippen molar-refractivity contribution in [3.05, 3.63) is 87.1 Å². The molecule has 4 fully saturated rings. The zero-order valence-corrected chi connectivity index (χ0v) is 35.4. The van der Waals surface area contributed by atoms with Gasteiger partial charge in [-0.1, -0.05) is 45.4 Å². The van der Waals surface area contributed by atoms with Crippen LogP contribution in [0.3, 0.4) is 0 Å². The Morgan fingerprint density at radius 1 is 0.852 bits per heavy atom. The van der Waals surface area contributed by atoms with E-state index in [1.807, 2.05) is 21.9 Å². The van der Waals surface area contributed by atoms with Gasteiger partial charge in [0.1, 0.15) is 29.5 Å². The molecule has 6 aliphatic rings. The molecule has 14 nitrogen and oxygen atoms in total. The Morgan fingerprint density at radius 3 is 2.20 bits per heavy atom. The summed E-state index contributed by atoms with van der Waals surface area (Å²) in [7, 11) is 0. The molecule has 0 radical (unpaired) electrons. The average Bonchev–Trinajstić information content (AvgIpc) is 3.66. The first-order valence-corrected chi connectivity index (χ1v) is 21.4. The van der Waals surface area contributed by atoms with Crippen LogP contribution in [0.4, 0.5) is 21.6 Å². The van der Waals surface area contributed by atoms with Crippen molar-refractivity contribution in [2.75, 3.05) is 55.6 Å². The van der Waals surface area contributed by atoms with Crippen molar-refractivity contribution in [1.29, 1.82) is 0 Å². The van der Waals surface area contributed by atoms with Gasteiger partial charge in [0.15, 0.2) is 0 Å². The smallest absolute Gasteiger partial charge is 0.262 e. The van der Waals surface area contributed by atoms with E-state index in [4.69, 9.17) is 27.9 Å². The fourth-order valence-corrected chi connectivity index (χ4v) is 11.4. The number of halogens is 2. The first kappa shape index (κ1) is 40.8. The van der Waals surface area contributed by atoms with Crippen LogP contribution in [0.15, 0.2) is 42.5 Å². The molecular weight excluding hydrogens is 803 g/mol. The van der Waals surface area contributed by atoms with Gasteiger partial charge in [-0.05, 0) is 61.6 Å². The highest BCUT2D eigenvalue weighted by atomic mass is 35.5. The van der Waals surface area contributed by atoms with Crippen LogP contribution in [-0.2, 0) is 16.1 Å². The monoisotopic (exact) mass is 850 g/mol. The minimum atomic E-state index is -1.10. The molecule has 1 unspecified atom stereocenters. The Labute approximate surface area is 358 Å². The molecule has 61 heavy (non-hydrogen) atoms. The predicted octanol–water partition coefficient (Wildman–Crippen LogP) is 5.70. The first-order chi connectivity index (χ1) is 29.1. The number of rotatable bonds is 8. The summed E-state index contributed by atoms with van der Waals surface area (Å²) in [5.41, 5.74) is 1.34. The van der Waals surface area contributed by atoms with Gasteiger partial charge in [0.25, 0.3) is 17.7 Å². The fraction of sp³-hybridized carbons (Fsp3) is 0.489. The van der Waals surface area contributed by atoms with Crippen LogP contribution in [-0.4, -0.2) is 113 Å². The van der Waals surface area contributed by atoms with E-state index in [-0.39, 0.29) is 58.5 Å². The van der Waals surface area contributed by atoms with Gasteiger partial charge in [0.05, 0.1) is 46.2 Å². The number of piperidine rings is 2. The minimum absolute atomic E-state index is 0.0131. The fourth-order valence-electron chi connectivity index (χ4n) is 11.2. The number of imide groups is 2. The molecule has 5 aliphatic heterocycles. The maximum atomic E-state index is 15.5. The SMILES string of the molecule is [C-]#[N+]c1ccc(OC2C(C)(C)C(N3Cc4nc(N5CCC(CN6CCN(c7cc8c(cc7F)C(=O)N(C7CCC(=O)NC7=O)C8=O)CC6)CC5)ccc4C3=O)C2(C)C)cc1Cl. The number of benzene rings is 2. The lowest BCUT2D eigenvalue weighted by atomic mass is 9.49. The Balaban J connectivity index is 0.775. The van der Waals surface area contributed by atoms with Crippen LogP contribution in [0.2, 0.25) is 5.02 Å². The van der Waals surface area contributed by atoms with Crippen molar-refractivity contribution in [1.82, 2.24) is 25.0 Å². The third-order valence-electron chi connectivity index (χ3n) is 13.8. The third-order valence-corrected chi connectivity index (χ3v) is 14.1. The third kappa shape index (κ3) is 6.88. The molecule has 1 saturated carbocycles. The number of piperazine rings is 1. The largest absolute Gasteiger partial charge is 0.489 e. The molecule has 6 heterocycles. The summed E-state index contributed by atoms with van der Waals surface area (Å²) in [5.74, 6) is -1.18. The Kier molecular flexibility index (Phi) is 10.1. The molecule has 0 bridgehead atoms.